The summed E-state index contributed by atoms with van der Waals surface area (Å²) in [4.78, 5) is 0.857. The minimum Gasteiger partial charge on any atom is -0.496 e. The van der Waals surface area contributed by atoms with Crippen molar-refractivity contribution in [3.8, 4) is 5.75 Å². The molecule has 0 bridgehead atoms. The van der Waals surface area contributed by atoms with Gasteiger partial charge in [-0.3, -0.25) is 0 Å². The average Bonchev–Trinajstić information content (AvgIpc) is 2.81. The Morgan fingerprint density at radius 3 is 2.78 bits per heavy atom. The second-order valence-electron chi connectivity index (χ2n) is 4.18. The van der Waals surface area contributed by atoms with Gasteiger partial charge in [-0.1, -0.05) is 6.07 Å². The smallest absolute Gasteiger partial charge is 0.129 e. The van der Waals surface area contributed by atoms with Gasteiger partial charge >= 0.3 is 0 Å². The second-order valence-corrected chi connectivity index (χ2v) is 5.12. The van der Waals surface area contributed by atoms with E-state index in [9.17, 15) is 9.50 Å². The van der Waals surface area contributed by atoms with Crippen molar-refractivity contribution in [1.29, 1.82) is 0 Å². The molecule has 1 atom stereocenters. The van der Waals surface area contributed by atoms with Crippen LogP contribution >= 0.6 is 11.3 Å². The lowest BCUT2D eigenvalue weighted by molar-refractivity contribution is 0.182. The molecule has 0 amide bonds. The fourth-order valence-corrected chi connectivity index (χ4v) is 2.65. The van der Waals surface area contributed by atoms with Gasteiger partial charge in [-0.2, -0.15) is 0 Å². The van der Waals surface area contributed by atoms with Crippen molar-refractivity contribution < 1.29 is 14.2 Å². The van der Waals surface area contributed by atoms with Gasteiger partial charge in [-0.25, -0.2) is 4.39 Å². The number of ether oxygens (including phenoxy) is 1. The lowest BCUT2D eigenvalue weighted by atomic mass is 10.0. The first-order chi connectivity index (χ1) is 8.60. The predicted molar refractivity (Wildman–Crippen MR) is 70.7 cm³/mol. The van der Waals surface area contributed by atoms with E-state index in [-0.39, 0.29) is 5.82 Å². The van der Waals surface area contributed by atoms with Crippen molar-refractivity contribution in [3.63, 3.8) is 0 Å². The van der Waals surface area contributed by atoms with Gasteiger partial charge in [-0.05, 0) is 36.2 Å². The molecule has 0 spiro atoms. The summed E-state index contributed by atoms with van der Waals surface area (Å²) >= 11 is 1.46. The Morgan fingerprint density at radius 1 is 1.39 bits per heavy atom. The maximum atomic E-state index is 13.0. The van der Waals surface area contributed by atoms with E-state index >= 15 is 0 Å². The second kappa shape index (κ2) is 5.50. The first-order valence-electron chi connectivity index (χ1n) is 5.65. The molecule has 0 fully saturated rings. The minimum atomic E-state index is -0.580. The SMILES string of the molecule is COc1csc(C(O)Cc2ccc(F)cc2C)c1. The summed E-state index contributed by atoms with van der Waals surface area (Å²) in [6.45, 7) is 1.85. The molecule has 0 radical (unpaired) electrons. The summed E-state index contributed by atoms with van der Waals surface area (Å²) in [6, 6.07) is 6.45. The van der Waals surface area contributed by atoms with Crippen molar-refractivity contribution in [2.24, 2.45) is 0 Å². The van der Waals surface area contributed by atoms with Crippen molar-refractivity contribution >= 4 is 11.3 Å². The van der Waals surface area contributed by atoms with Crippen LogP contribution in [0.1, 0.15) is 22.1 Å². The molecule has 0 aliphatic carbocycles. The molecule has 1 aromatic carbocycles. The van der Waals surface area contributed by atoms with Gasteiger partial charge in [-0.15, -0.1) is 11.3 Å². The lowest BCUT2D eigenvalue weighted by Gasteiger charge is -2.10. The highest BCUT2D eigenvalue weighted by atomic mass is 32.1. The molecule has 2 rings (SSSR count). The number of benzene rings is 1. The molecule has 2 nitrogen and oxygen atoms in total. The molecule has 0 saturated carbocycles. The Morgan fingerprint density at radius 2 is 2.17 bits per heavy atom. The topological polar surface area (TPSA) is 29.5 Å². The number of aliphatic hydroxyl groups is 1. The fraction of sp³-hybridized carbons (Fsp3) is 0.286. The molecule has 1 N–H and O–H groups in total. The predicted octanol–water partition coefficient (Wildman–Crippen LogP) is 3.48. The average molecular weight is 266 g/mol. The third-order valence-electron chi connectivity index (χ3n) is 2.88. The lowest BCUT2D eigenvalue weighted by Crippen LogP contribution is -2.01. The molecule has 4 heteroatoms. The third kappa shape index (κ3) is 2.89. The van der Waals surface area contributed by atoms with Gasteiger partial charge in [0.1, 0.15) is 11.6 Å². The van der Waals surface area contributed by atoms with Crippen LogP contribution < -0.4 is 4.74 Å². The van der Waals surface area contributed by atoms with E-state index in [1.165, 1.54) is 23.5 Å². The van der Waals surface area contributed by atoms with Crippen LogP contribution in [0.15, 0.2) is 29.6 Å². The van der Waals surface area contributed by atoms with Gasteiger partial charge in [0.15, 0.2) is 0 Å². The normalized spacial score (nSPS) is 12.4. The maximum Gasteiger partial charge on any atom is 0.129 e. The number of rotatable bonds is 4. The van der Waals surface area contributed by atoms with Gasteiger partial charge in [0, 0.05) is 16.7 Å². The summed E-state index contributed by atoms with van der Waals surface area (Å²) in [5, 5.41) is 12.0. The highest BCUT2D eigenvalue weighted by Crippen LogP contribution is 2.29. The van der Waals surface area contributed by atoms with Crippen LogP contribution in [-0.4, -0.2) is 12.2 Å². The zero-order valence-corrected chi connectivity index (χ0v) is 11.1. The molecule has 0 aliphatic rings. The van der Waals surface area contributed by atoms with E-state index in [1.807, 2.05) is 18.4 Å². The number of halogens is 1. The van der Waals surface area contributed by atoms with Crippen LogP contribution in [0.25, 0.3) is 0 Å². The number of aryl methyl sites for hydroxylation is 1. The minimum absolute atomic E-state index is 0.247. The zero-order chi connectivity index (χ0) is 13.1. The van der Waals surface area contributed by atoms with Crippen LogP contribution in [0.5, 0.6) is 5.75 Å². The fourth-order valence-electron chi connectivity index (χ4n) is 1.81. The largest absolute Gasteiger partial charge is 0.496 e. The molecular weight excluding hydrogens is 251 g/mol. The Labute approximate surface area is 110 Å². The third-order valence-corrected chi connectivity index (χ3v) is 3.89. The maximum absolute atomic E-state index is 13.0. The van der Waals surface area contributed by atoms with Gasteiger partial charge < -0.3 is 9.84 Å². The summed E-state index contributed by atoms with van der Waals surface area (Å²) in [6.07, 6.45) is -0.0986. The van der Waals surface area contributed by atoms with Crippen molar-refractivity contribution in [2.75, 3.05) is 7.11 Å². The Kier molecular flexibility index (Phi) is 3.99. The quantitative estimate of drug-likeness (QED) is 0.918. The summed E-state index contributed by atoms with van der Waals surface area (Å²) in [5.41, 5.74) is 1.81. The van der Waals surface area contributed by atoms with Gasteiger partial charge in [0.25, 0.3) is 0 Å². The van der Waals surface area contributed by atoms with Crippen molar-refractivity contribution in [2.45, 2.75) is 19.4 Å². The molecule has 2 aromatic rings. The van der Waals surface area contributed by atoms with Crippen molar-refractivity contribution in [3.05, 3.63) is 51.5 Å². The molecule has 1 aromatic heterocycles. The zero-order valence-electron chi connectivity index (χ0n) is 10.3. The van der Waals surface area contributed by atoms with Crippen LogP contribution in [0.4, 0.5) is 4.39 Å². The first-order valence-corrected chi connectivity index (χ1v) is 6.53. The first kappa shape index (κ1) is 13.1. The number of methoxy groups -OCH3 is 1. The van der Waals surface area contributed by atoms with E-state index in [0.29, 0.717) is 6.42 Å². The number of thiophene rings is 1. The van der Waals surface area contributed by atoms with Crippen LogP contribution in [0.2, 0.25) is 0 Å². The van der Waals surface area contributed by atoms with Crippen LogP contribution in [0, 0.1) is 12.7 Å². The highest BCUT2D eigenvalue weighted by Gasteiger charge is 2.13. The van der Waals surface area contributed by atoms with E-state index < -0.39 is 6.10 Å². The van der Waals surface area contributed by atoms with E-state index in [1.54, 1.807) is 13.2 Å². The molecule has 18 heavy (non-hydrogen) atoms. The molecular formula is C14H15FO2S. The Balaban J connectivity index is 2.13. The summed E-state index contributed by atoms with van der Waals surface area (Å²) in [7, 11) is 1.60. The van der Waals surface area contributed by atoms with E-state index in [2.05, 4.69) is 0 Å². The Bertz CT molecular complexity index is 536. The standard InChI is InChI=1S/C14H15FO2S/c1-9-5-11(15)4-3-10(9)6-13(16)14-7-12(17-2)8-18-14/h3-5,7-8,13,16H,6H2,1-2H3. The molecule has 96 valence electrons. The monoisotopic (exact) mass is 266 g/mol. The van der Waals surface area contributed by atoms with Crippen molar-refractivity contribution in [1.82, 2.24) is 0 Å². The molecule has 1 heterocycles. The van der Waals surface area contributed by atoms with Crippen LogP contribution in [-0.2, 0) is 6.42 Å². The van der Waals surface area contributed by atoms with E-state index in [4.69, 9.17) is 4.74 Å². The van der Waals surface area contributed by atoms with Gasteiger partial charge in [0.2, 0.25) is 0 Å². The molecule has 0 aliphatic heterocycles. The van der Waals surface area contributed by atoms with Gasteiger partial charge in [0.05, 0.1) is 13.2 Å². The molecule has 1 unspecified atom stereocenters. The molecule has 0 saturated heterocycles. The number of hydrogen-bond acceptors (Lipinski definition) is 3. The number of aliphatic hydroxyl groups excluding tert-OH is 1. The number of hydrogen-bond donors (Lipinski definition) is 1. The Hall–Kier alpha value is -1.39. The van der Waals surface area contributed by atoms with E-state index in [0.717, 1.165) is 21.8 Å². The summed E-state index contributed by atoms with van der Waals surface area (Å²) < 4.78 is 18.1. The summed E-state index contributed by atoms with van der Waals surface area (Å²) in [5.74, 6) is 0.508. The van der Waals surface area contributed by atoms with Crippen LogP contribution in [0.3, 0.4) is 0 Å². The highest BCUT2D eigenvalue weighted by molar-refractivity contribution is 7.10.